The molecule has 2 heterocycles. The highest BCUT2D eigenvalue weighted by atomic mass is 16.5. The van der Waals surface area contributed by atoms with Crippen LogP contribution in [0.25, 0.3) is 0 Å². The van der Waals surface area contributed by atoms with E-state index in [0.29, 0.717) is 6.10 Å². The number of aryl methyl sites for hydroxylation is 1. The quantitative estimate of drug-likeness (QED) is 0.796. The third-order valence-electron chi connectivity index (χ3n) is 2.49. The van der Waals surface area contributed by atoms with Crippen molar-refractivity contribution in [3.8, 4) is 0 Å². The van der Waals surface area contributed by atoms with Crippen LogP contribution < -0.4 is 5.32 Å². The summed E-state index contributed by atoms with van der Waals surface area (Å²) in [6.45, 7) is 4.61. The van der Waals surface area contributed by atoms with Gasteiger partial charge in [0.2, 0.25) is 0 Å². The molecule has 1 aromatic rings. The molecule has 14 heavy (non-hydrogen) atoms. The van der Waals surface area contributed by atoms with Gasteiger partial charge in [0.15, 0.2) is 0 Å². The van der Waals surface area contributed by atoms with E-state index in [4.69, 9.17) is 9.15 Å². The molecule has 1 aromatic heterocycles. The first kappa shape index (κ1) is 9.74. The molecule has 0 radical (unpaired) electrons. The Morgan fingerprint density at radius 2 is 2.43 bits per heavy atom. The average molecular weight is 195 g/mol. The second kappa shape index (κ2) is 4.62. The van der Waals surface area contributed by atoms with Gasteiger partial charge in [0.1, 0.15) is 11.5 Å². The minimum Gasteiger partial charge on any atom is -0.465 e. The van der Waals surface area contributed by atoms with Crippen molar-refractivity contribution < 1.29 is 9.15 Å². The Labute approximate surface area is 84.4 Å². The van der Waals surface area contributed by atoms with Gasteiger partial charge < -0.3 is 14.5 Å². The maximum absolute atomic E-state index is 5.50. The fourth-order valence-corrected chi connectivity index (χ4v) is 1.74. The van der Waals surface area contributed by atoms with Gasteiger partial charge in [-0.15, -0.1) is 0 Å². The average Bonchev–Trinajstić information content (AvgIpc) is 2.77. The molecule has 0 spiro atoms. The van der Waals surface area contributed by atoms with Gasteiger partial charge in [0, 0.05) is 13.2 Å². The van der Waals surface area contributed by atoms with Gasteiger partial charge in [0.25, 0.3) is 0 Å². The van der Waals surface area contributed by atoms with Gasteiger partial charge >= 0.3 is 0 Å². The molecule has 1 aliphatic rings. The Hall–Kier alpha value is -0.800. The zero-order valence-corrected chi connectivity index (χ0v) is 8.58. The molecule has 1 atom stereocenters. The molecule has 1 fully saturated rings. The van der Waals surface area contributed by atoms with E-state index in [1.807, 2.05) is 19.1 Å². The normalized spacial score (nSPS) is 21.6. The Morgan fingerprint density at radius 1 is 1.50 bits per heavy atom. The largest absolute Gasteiger partial charge is 0.465 e. The highest BCUT2D eigenvalue weighted by Crippen LogP contribution is 2.11. The molecule has 0 bridgehead atoms. The number of rotatable bonds is 4. The van der Waals surface area contributed by atoms with Crippen LogP contribution in [0, 0.1) is 6.92 Å². The lowest BCUT2D eigenvalue weighted by atomic mass is 10.2. The number of hydrogen-bond donors (Lipinski definition) is 1. The maximum atomic E-state index is 5.50. The first-order valence-electron chi connectivity index (χ1n) is 5.22. The number of furan rings is 1. The topological polar surface area (TPSA) is 34.4 Å². The first-order valence-corrected chi connectivity index (χ1v) is 5.22. The van der Waals surface area contributed by atoms with E-state index < -0.39 is 0 Å². The van der Waals surface area contributed by atoms with Crippen molar-refractivity contribution in [2.24, 2.45) is 0 Å². The fraction of sp³-hybridized carbons (Fsp3) is 0.636. The second-order valence-electron chi connectivity index (χ2n) is 3.78. The fourth-order valence-electron chi connectivity index (χ4n) is 1.74. The summed E-state index contributed by atoms with van der Waals surface area (Å²) in [6.07, 6.45) is 2.79. The Morgan fingerprint density at radius 3 is 3.07 bits per heavy atom. The summed E-state index contributed by atoms with van der Waals surface area (Å²) in [5.74, 6) is 1.97. The van der Waals surface area contributed by atoms with E-state index in [1.165, 1.54) is 12.8 Å². The third-order valence-corrected chi connectivity index (χ3v) is 2.49. The number of ether oxygens (including phenoxy) is 1. The van der Waals surface area contributed by atoms with Crippen LogP contribution in [0.3, 0.4) is 0 Å². The predicted molar refractivity (Wildman–Crippen MR) is 54.1 cm³/mol. The lowest BCUT2D eigenvalue weighted by Crippen LogP contribution is -2.25. The van der Waals surface area contributed by atoms with E-state index in [0.717, 1.165) is 31.2 Å². The van der Waals surface area contributed by atoms with Crippen molar-refractivity contribution >= 4 is 0 Å². The molecule has 1 aliphatic heterocycles. The standard InChI is InChI=1S/C11H17NO2/c1-9-4-5-11(14-9)8-12-7-10-3-2-6-13-10/h4-5,10,12H,2-3,6-8H2,1H3/t10-/m1/s1. The maximum Gasteiger partial charge on any atom is 0.117 e. The van der Waals surface area contributed by atoms with Crippen molar-refractivity contribution in [1.82, 2.24) is 5.32 Å². The van der Waals surface area contributed by atoms with Crippen LogP contribution in [0.15, 0.2) is 16.5 Å². The summed E-state index contributed by atoms with van der Waals surface area (Å²) in [5, 5.41) is 3.34. The van der Waals surface area contributed by atoms with E-state index in [9.17, 15) is 0 Å². The van der Waals surface area contributed by atoms with E-state index >= 15 is 0 Å². The van der Waals surface area contributed by atoms with Gasteiger partial charge in [-0.3, -0.25) is 0 Å². The minimum atomic E-state index is 0.408. The van der Waals surface area contributed by atoms with E-state index in [1.54, 1.807) is 0 Å². The molecule has 1 saturated heterocycles. The molecule has 0 unspecified atom stereocenters. The van der Waals surface area contributed by atoms with Crippen LogP contribution in [0.1, 0.15) is 24.4 Å². The van der Waals surface area contributed by atoms with Crippen molar-refractivity contribution in [3.05, 3.63) is 23.7 Å². The van der Waals surface area contributed by atoms with Gasteiger partial charge in [0.05, 0.1) is 12.6 Å². The molecule has 1 N–H and O–H groups in total. The van der Waals surface area contributed by atoms with Crippen LogP contribution >= 0.6 is 0 Å². The summed E-state index contributed by atoms with van der Waals surface area (Å²) in [5.41, 5.74) is 0. The van der Waals surface area contributed by atoms with Crippen LogP contribution in [0.2, 0.25) is 0 Å². The van der Waals surface area contributed by atoms with E-state index in [2.05, 4.69) is 5.32 Å². The highest BCUT2D eigenvalue weighted by molar-refractivity contribution is 5.05. The van der Waals surface area contributed by atoms with Crippen LogP contribution in [0.4, 0.5) is 0 Å². The molecule has 0 aliphatic carbocycles. The molecular formula is C11H17NO2. The van der Waals surface area contributed by atoms with Gasteiger partial charge in [-0.2, -0.15) is 0 Å². The molecule has 3 nitrogen and oxygen atoms in total. The van der Waals surface area contributed by atoms with Crippen LogP contribution in [-0.4, -0.2) is 19.3 Å². The Kier molecular flexibility index (Phi) is 3.22. The Bertz CT molecular complexity index is 277. The molecule has 0 amide bonds. The summed E-state index contributed by atoms with van der Waals surface area (Å²) in [4.78, 5) is 0. The monoisotopic (exact) mass is 195 g/mol. The lowest BCUT2D eigenvalue weighted by molar-refractivity contribution is 0.109. The smallest absolute Gasteiger partial charge is 0.117 e. The van der Waals surface area contributed by atoms with Gasteiger partial charge in [-0.05, 0) is 31.9 Å². The SMILES string of the molecule is Cc1ccc(CNC[C@H]2CCCO2)o1. The van der Waals surface area contributed by atoms with Gasteiger partial charge in [-0.1, -0.05) is 0 Å². The summed E-state index contributed by atoms with van der Waals surface area (Å²) in [7, 11) is 0. The number of nitrogens with one attached hydrogen (secondary N) is 1. The van der Waals surface area contributed by atoms with Crippen molar-refractivity contribution in [2.45, 2.75) is 32.4 Å². The van der Waals surface area contributed by atoms with Crippen LogP contribution in [-0.2, 0) is 11.3 Å². The second-order valence-corrected chi connectivity index (χ2v) is 3.78. The van der Waals surface area contributed by atoms with Crippen molar-refractivity contribution in [3.63, 3.8) is 0 Å². The van der Waals surface area contributed by atoms with E-state index in [-0.39, 0.29) is 0 Å². The summed E-state index contributed by atoms with van der Waals surface area (Å²) >= 11 is 0. The first-order chi connectivity index (χ1) is 6.84. The van der Waals surface area contributed by atoms with Gasteiger partial charge in [-0.25, -0.2) is 0 Å². The third kappa shape index (κ3) is 2.59. The molecule has 3 heteroatoms. The van der Waals surface area contributed by atoms with Crippen LogP contribution in [0.5, 0.6) is 0 Å². The molecule has 78 valence electrons. The predicted octanol–water partition coefficient (Wildman–Crippen LogP) is 1.86. The lowest BCUT2D eigenvalue weighted by Gasteiger charge is -2.09. The zero-order chi connectivity index (χ0) is 9.80. The Balaban J connectivity index is 1.67. The molecule has 2 rings (SSSR count). The van der Waals surface area contributed by atoms with Crippen molar-refractivity contribution in [2.75, 3.05) is 13.2 Å². The number of hydrogen-bond acceptors (Lipinski definition) is 3. The molecular weight excluding hydrogens is 178 g/mol. The summed E-state index contributed by atoms with van der Waals surface area (Å²) < 4.78 is 10.9. The molecule has 0 aromatic carbocycles. The summed E-state index contributed by atoms with van der Waals surface area (Å²) in [6, 6.07) is 4.00. The highest BCUT2D eigenvalue weighted by Gasteiger charge is 2.14. The van der Waals surface area contributed by atoms with Crippen molar-refractivity contribution in [1.29, 1.82) is 0 Å². The molecule has 0 saturated carbocycles. The minimum absolute atomic E-state index is 0.408. The zero-order valence-electron chi connectivity index (χ0n) is 8.58.